The molecule has 0 aromatic rings. The number of hydrogen-bond acceptors (Lipinski definition) is 5. The number of carbonyl (C=O) groups excluding carboxylic acids is 1. The average molecular weight is 428 g/mol. The van der Waals surface area contributed by atoms with Crippen LogP contribution in [0, 0.1) is 23.2 Å². The van der Waals surface area contributed by atoms with Crippen LogP contribution in [0.25, 0.3) is 0 Å². The van der Waals surface area contributed by atoms with Gasteiger partial charge < -0.3 is 14.8 Å². The van der Waals surface area contributed by atoms with Crippen molar-refractivity contribution < 1.29 is 14.3 Å². The largest absolute Gasteiger partial charge is 0.501 e. The highest BCUT2D eigenvalue weighted by Gasteiger charge is 2.53. The van der Waals surface area contributed by atoms with Crippen LogP contribution in [0.2, 0.25) is 0 Å². The molecule has 2 fully saturated rings. The summed E-state index contributed by atoms with van der Waals surface area (Å²) in [5, 5.41) is 3.06. The molecule has 1 N–H and O–H groups in total. The number of piperidine rings is 1. The minimum absolute atomic E-state index is 0.0961. The maximum Gasteiger partial charge on any atom is 0.286 e. The third-order valence-corrected chi connectivity index (χ3v) is 7.45. The molecule has 3 heterocycles. The lowest BCUT2D eigenvalue weighted by atomic mass is 9.89. The van der Waals surface area contributed by atoms with Gasteiger partial charge >= 0.3 is 0 Å². The summed E-state index contributed by atoms with van der Waals surface area (Å²) in [5.41, 5.74) is 1.87. The maximum atomic E-state index is 12.4. The van der Waals surface area contributed by atoms with E-state index in [4.69, 9.17) is 9.47 Å². The number of carbonyl (C=O) groups is 1. The summed E-state index contributed by atoms with van der Waals surface area (Å²) in [6.45, 7) is 10.6. The Balaban J connectivity index is 1.17. The molecule has 4 aliphatic rings. The second-order valence-corrected chi connectivity index (χ2v) is 9.93. The molecule has 1 amide bonds. The molecule has 0 radical (unpaired) electrons. The van der Waals surface area contributed by atoms with Crippen LogP contribution in [0.4, 0.5) is 0 Å². The smallest absolute Gasteiger partial charge is 0.286 e. The minimum Gasteiger partial charge on any atom is -0.501 e. The summed E-state index contributed by atoms with van der Waals surface area (Å²) in [6, 6.07) is 0. The Morgan fingerprint density at radius 3 is 2.84 bits per heavy atom. The Bertz CT molecular complexity index is 816. The normalized spacial score (nSPS) is 27.3. The van der Waals surface area contributed by atoms with E-state index in [0.29, 0.717) is 17.1 Å². The number of methoxy groups -OCH3 is 1. The highest BCUT2D eigenvalue weighted by atomic mass is 16.5. The average Bonchev–Trinajstić information content (AvgIpc) is 3.21. The second kappa shape index (κ2) is 9.19. The number of ether oxygens (including phenoxy) is 2. The van der Waals surface area contributed by atoms with Crippen LogP contribution >= 0.6 is 0 Å². The van der Waals surface area contributed by atoms with Gasteiger partial charge in [-0.2, -0.15) is 0 Å². The summed E-state index contributed by atoms with van der Waals surface area (Å²) < 4.78 is 11.3. The number of fused-ring (bicyclic) bond motifs is 1. The SMILES string of the molecule is CO/C(=C(\C)CN1CCC2(CC1)CC2CCNC(=O)C1=CC2CC=NC=C2O1)C(C)C. The first-order valence-electron chi connectivity index (χ1n) is 11.8. The molecule has 0 aromatic carbocycles. The van der Waals surface area contributed by atoms with E-state index in [1.165, 1.54) is 24.8 Å². The van der Waals surface area contributed by atoms with Gasteiger partial charge in [0.05, 0.1) is 19.1 Å². The quantitative estimate of drug-likeness (QED) is 0.595. The summed E-state index contributed by atoms with van der Waals surface area (Å²) in [7, 11) is 1.78. The highest BCUT2D eigenvalue weighted by molar-refractivity contribution is 5.92. The topological polar surface area (TPSA) is 63.2 Å². The van der Waals surface area contributed by atoms with Crippen molar-refractivity contribution in [2.45, 2.75) is 52.9 Å². The zero-order chi connectivity index (χ0) is 22.0. The van der Waals surface area contributed by atoms with Gasteiger partial charge in [0.2, 0.25) is 0 Å². The molecule has 2 atom stereocenters. The van der Waals surface area contributed by atoms with Crippen molar-refractivity contribution in [3.63, 3.8) is 0 Å². The fourth-order valence-electron chi connectivity index (χ4n) is 5.60. The predicted molar refractivity (Wildman–Crippen MR) is 122 cm³/mol. The van der Waals surface area contributed by atoms with Gasteiger partial charge in [0.1, 0.15) is 5.76 Å². The van der Waals surface area contributed by atoms with Crippen LogP contribution in [0.5, 0.6) is 0 Å². The van der Waals surface area contributed by atoms with Crippen molar-refractivity contribution in [2.24, 2.45) is 28.2 Å². The molecule has 0 bridgehead atoms. The number of allylic oxidation sites excluding steroid dienone is 2. The van der Waals surface area contributed by atoms with Gasteiger partial charge in [-0.15, -0.1) is 0 Å². The number of nitrogens with one attached hydrogen (secondary N) is 1. The second-order valence-electron chi connectivity index (χ2n) is 9.93. The molecule has 6 heteroatoms. The summed E-state index contributed by atoms with van der Waals surface area (Å²) >= 11 is 0. The Labute approximate surface area is 186 Å². The molecule has 2 unspecified atom stereocenters. The van der Waals surface area contributed by atoms with E-state index in [0.717, 1.165) is 56.5 Å². The standard InChI is InChI=1S/C25H37N3O3/c1-17(2)23(30-4)18(3)16-28-11-7-25(8-12-28)14-20(25)6-10-27-24(29)21-13-19-5-9-26-15-22(19)31-21/h9,13,15,17,19-20H,5-8,10-12,14,16H2,1-4H3,(H,27,29)/b23-18+. The summed E-state index contributed by atoms with van der Waals surface area (Å²) in [6.07, 6.45) is 11.2. The molecule has 0 aromatic heterocycles. The Morgan fingerprint density at radius 2 is 2.16 bits per heavy atom. The van der Waals surface area contributed by atoms with E-state index in [9.17, 15) is 4.79 Å². The van der Waals surface area contributed by atoms with E-state index in [1.54, 1.807) is 13.3 Å². The van der Waals surface area contributed by atoms with Gasteiger partial charge in [-0.1, -0.05) is 13.8 Å². The minimum atomic E-state index is -0.0961. The number of rotatable bonds is 8. The van der Waals surface area contributed by atoms with Crippen molar-refractivity contribution in [3.05, 3.63) is 35.1 Å². The van der Waals surface area contributed by atoms with Crippen LogP contribution < -0.4 is 5.32 Å². The monoisotopic (exact) mass is 427 g/mol. The molecular formula is C25H37N3O3. The van der Waals surface area contributed by atoms with Crippen molar-refractivity contribution in [1.29, 1.82) is 0 Å². The lowest BCUT2D eigenvalue weighted by molar-refractivity contribution is -0.120. The number of nitrogens with zero attached hydrogens (tertiary/aromatic N) is 2. The van der Waals surface area contributed by atoms with Gasteiger partial charge in [0.25, 0.3) is 5.91 Å². The van der Waals surface area contributed by atoms with Gasteiger partial charge in [-0.3, -0.25) is 14.7 Å². The zero-order valence-electron chi connectivity index (χ0n) is 19.4. The molecule has 1 saturated heterocycles. The van der Waals surface area contributed by atoms with Crippen LogP contribution in [0.15, 0.2) is 40.1 Å². The Morgan fingerprint density at radius 1 is 1.39 bits per heavy atom. The van der Waals surface area contributed by atoms with Crippen LogP contribution in [0.1, 0.15) is 52.9 Å². The first-order valence-corrected chi connectivity index (χ1v) is 11.8. The third-order valence-electron chi connectivity index (χ3n) is 7.45. The maximum absolute atomic E-state index is 12.4. The molecule has 1 saturated carbocycles. The molecular weight excluding hydrogens is 390 g/mol. The number of amides is 1. The number of aliphatic imine (C=N–C) groups is 1. The summed E-state index contributed by atoms with van der Waals surface area (Å²) in [5.74, 6) is 3.61. The number of likely N-dealkylation sites (tertiary alicyclic amines) is 1. The van der Waals surface area contributed by atoms with Crippen molar-refractivity contribution in [2.75, 3.05) is 33.3 Å². The Hall–Kier alpha value is -2.08. The van der Waals surface area contributed by atoms with Gasteiger partial charge in [-0.05, 0) is 75.1 Å². The molecule has 170 valence electrons. The molecule has 3 aliphatic heterocycles. The van der Waals surface area contributed by atoms with E-state index >= 15 is 0 Å². The first kappa shape index (κ1) is 22.1. The molecule has 31 heavy (non-hydrogen) atoms. The number of hydrogen-bond donors (Lipinski definition) is 1. The summed E-state index contributed by atoms with van der Waals surface area (Å²) in [4.78, 5) is 19.1. The van der Waals surface area contributed by atoms with Gasteiger partial charge in [0.15, 0.2) is 5.76 Å². The van der Waals surface area contributed by atoms with Crippen molar-refractivity contribution in [3.8, 4) is 0 Å². The van der Waals surface area contributed by atoms with Gasteiger partial charge in [0, 0.05) is 31.1 Å². The van der Waals surface area contributed by atoms with Crippen LogP contribution in [0.3, 0.4) is 0 Å². The van der Waals surface area contributed by atoms with E-state index in [1.807, 2.05) is 12.3 Å². The van der Waals surface area contributed by atoms with E-state index in [-0.39, 0.29) is 11.8 Å². The van der Waals surface area contributed by atoms with Crippen molar-refractivity contribution >= 4 is 12.1 Å². The highest BCUT2D eigenvalue weighted by Crippen LogP contribution is 2.60. The lowest BCUT2D eigenvalue weighted by Gasteiger charge is -2.33. The fourth-order valence-corrected chi connectivity index (χ4v) is 5.60. The molecule has 1 spiro atoms. The van der Waals surface area contributed by atoms with Gasteiger partial charge in [-0.25, -0.2) is 0 Å². The van der Waals surface area contributed by atoms with E-state index in [2.05, 4.69) is 36.0 Å². The van der Waals surface area contributed by atoms with Crippen LogP contribution in [-0.4, -0.2) is 50.3 Å². The third kappa shape index (κ3) is 4.89. The first-order chi connectivity index (χ1) is 14.9. The molecule has 1 aliphatic carbocycles. The van der Waals surface area contributed by atoms with E-state index < -0.39 is 0 Å². The Kier molecular flexibility index (Phi) is 6.56. The lowest BCUT2D eigenvalue weighted by Crippen LogP contribution is -2.36. The van der Waals surface area contributed by atoms with Crippen LogP contribution in [-0.2, 0) is 14.3 Å². The predicted octanol–water partition coefficient (Wildman–Crippen LogP) is 4.02. The fraction of sp³-hybridized carbons (Fsp3) is 0.680. The molecule has 6 nitrogen and oxygen atoms in total. The zero-order valence-corrected chi connectivity index (χ0v) is 19.4. The molecule has 4 rings (SSSR count). The van der Waals surface area contributed by atoms with Crippen molar-refractivity contribution in [1.82, 2.24) is 10.2 Å².